The van der Waals surface area contributed by atoms with E-state index in [9.17, 15) is 13.2 Å². The Morgan fingerprint density at radius 3 is 2.25 bits per heavy atom. The smallest absolute Gasteiger partial charge is 0.265 e. The molecule has 0 radical (unpaired) electrons. The number of sulfonamides is 1. The van der Waals surface area contributed by atoms with Gasteiger partial charge in [0.05, 0.1) is 4.90 Å². The number of carbonyl (C=O) groups excluding carboxylic acids is 1. The molecule has 1 unspecified atom stereocenters. The highest BCUT2D eigenvalue weighted by atomic mass is 32.2. The maximum atomic E-state index is 12.7. The molecule has 0 aliphatic carbocycles. The van der Waals surface area contributed by atoms with Crippen molar-refractivity contribution in [1.29, 1.82) is 0 Å². The van der Waals surface area contributed by atoms with Gasteiger partial charge < -0.3 is 10.1 Å². The fourth-order valence-electron chi connectivity index (χ4n) is 3.14. The van der Waals surface area contributed by atoms with Crippen LogP contribution in [0.15, 0.2) is 71.6 Å². The van der Waals surface area contributed by atoms with E-state index in [1.807, 2.05) is 51.1 Å². The molecule has 0 saturated carbocycles. The highest BCUT2D eigenvalue weighted by molar-refractivity contribution is 7.92. The van der Waals surface area contributed by atoms with E-state index in [4.69, 9.17) is 4.74 Å². The summed E-state index contributed by atoms with van der Waals surface area (Å²) in [7, 11) is -3.74. The Kier molecular flexibility index (Phi) is 7.20. The van der Waals surface area contributed by atoms with Gasteiger partial charge in [-0.05, 0) is 86.3 Å². The normalized spacial score (nSPS) is 12.1. The third-order valence-corrected chi connectivity index (χ3v) is 6.61. The second kappa shape index (κ2) is 9.87. The summed E-state index contributed by atoms with van der Waals surface area (Å²) in [4.78, 5) is 12.6. The lowest BCUT2D eigenvalue weighted by Gasteiger charge is -2.17. The lowest BCUT2D eigenvalue weighted by Crippen LogP contribution is -2.30. The van der Waals surface area contributed by atoms with Gasteiger partial charge in [-0.2, -0.15) is 0 Å². The molecule has 168 valence electrons. The molecule has 2 N–H and O–H groups in total. The molecule has 0 aromatic heterocycles. The van der Waals surface area contributed by atoms with Gasteiger partial charge in [0.25, 0.3) is 15.9 Å². The number of amides is 1. The van der Waals surface area contributed by atoms with Gasteiger partial charge in [-0.15, -0.1) is 0 Å². The topological polar surface area (TPSA) is 84.5 Å². The molecule has 0 bridgehead atoms. The molecule has 6 nitrogen and oxygen atoms in total. The summed E-state index contributed by atoms with van der Waals surface area (Å²) >= 11 is 0. The Balaban J connectivity index is 1.65. The van der Waals surface area contributed by atoms with E-state index in [-0.39, 0.29) is 10.8 Å². The fourth-order valence-corrected chi connectivity index (χ4v) is 4.18. The van der Waals surface area contributed by atoms with Crippen molar-refractivity contribution in [2.24, 2.45) is 0 Å². The summed E-state index contributed by atoms with van der Waals surface area (Å²) in [5.41, 5.74) is 4.10. The number of hydrogen-bond donors (Lipinski definition) is 2. The molecule has 0 fully saturated rings. The van der Waals surface area contributed by atoms with Crippen molar-refractivity contribution >= 4 is 27.3 Å². The van der Waals surface area contributed by atoms with Crippen LogP contribution in [-0.4, -0.2) is 20.4 Å². The first-order chi connectivity index (χ1) is 15.2. The SMILES string of the molecule is CCc1ccccc1OC(C)C(=O)Nc1ccc(S(=O)(=O)Nc2ccc(C)c(C)c2)cc1. The van der Waals surface area contributed by atoms with E-state index in [1.165, 1.54) is 12.1 Å². The third-order valence-electron chi connectivity index (χ3n) is 5.22. The zero-order valence-corrected chi connectivity index (χ0v) is 19.5. The Hall–Kier alpha value is -3.32. The van der Waals surface area contributed by atoms with E-state index in [1.54, 1.807) is 31.2 Å². The number of aryl methyl sites for hydroxylation is 3. The Bertz CT molecular complexity index is 1200. The Labute approximate surface area is 189 Å². The first kappa shape index (κ1) is 23.3. The highest BCUT2D eigenvalue weighted by Crippen LogP contribution is 2.22. The molecule has 0 saturated heterocycles. The van der Waals surface area contributed by atoms with E-state index < -0.39 is 16.1 Å². The summed E-state index contributed by atoms with van der Waals surface area (Å²) in [6, 6.07) is 19.0. The molecule has 0 heterocycles. The molecule has 0 spiro atoms. The lowest BCUT2D eigenvalue weighted by molar-refractivity contribution is -0.122. The fraction of sp³-hybridized carbons (Fsp3) is 0.240. The monoisotopic (exact) mass is 452 g/mol. The predicted molar refractivity (Wildman–Crippen MR) is 128 cm³/mol. The van der Waals surface area contributed by atoms with Crippen molar-refractivity contribution in [3.63, 3.8) is 0 Å². The molecule has 3 rings (SSSR count). The molecule has 3 aromatic rings. The van der Waals surface area contributed by atoms with Crippen molar-refractivity contribution in [1.82, 2.24) is 0 Å². The molecule has 0 aliphatic rings. The molecular weight excluding hydrogens is 424 g/mol. The van der Waals surface area contributed by atoms with Crippen molar-refractivity contribution in [2.45, 2.75) is 45.1 Å². The van der Waals surface area contributed by atoms with Crippen LogP contribution in [0.1, 0.15) is 30.5 Å². The molecule has 1 amide bonds. The maximum absolute atomic E-state index is 12.7. The number of carbonyl (C=O) groups is 1. The molecule has 7 heteroatoms. The van der Waals surface area contributed by atoms with E-state index in [0.717, 1.165) is 23.1 Å². The van der Waals surface area contributed by atoms with Crippen molar-refractivity contribution in [2.75, 3.05) is 10.0 Å². The van der Waals surface area contributed by atoms with E-state index >= 15 is 0 Å². The van der Waals surface area contributed by atoms with Gasteiger partial charge in [0.2, 0.25) is 0 Å². The average molecular weight is 453 g/mol. The maximum Gasteiger partial charge on any atom is 0.265 e. The summed E-state index contributed by atoms with van der Waals surface area (Å²) in [6.07, 6.45) is 0.0916. The molecule has 0 aliphatic heterocycles. The highest BCUT2D eigenvalue weighted by Gasteiger charge is 2.18. The van der Waals surface area contributed by atoms with Crippen molar-refractivity contribution in [3.8, 4) is 5.75 Å². The van der Waals surface area contributed by atoms with Gasteiger partial charge in [0.1, 0.15) is 5.75 Å². The largest absolute Gasteiger partial charge is 0.481 e. The number of anilines is 2. The molecule has 1 atom stereocenters. The lowest BCUT2D eigenvalue weighted by atomic mass is 10.1. The first-order valence-corrected chi connectivity index (χ1v) is 11.9. The molecular formula is C25H28N2O4S. The number of rotatable bonds is 8. The van der Waals surface area contributed by atoms with Crippen LogP contribution in [0, 0.1) is 13.8 Å². The second-order valence-electron chi connectivity index (χ2n) is 7.64. The number of para-hydroxylation sites is 1. The van der Waals surface area contributed by atoms with Crippen LogP contribution in [0.2, 0.25) is 0 Å². The first-order valence-electron chi connectivity index (χ1n) is 10.4. The van der Waals surface area contributed by atoms with Crippen LogP contribution in [0.5, 0.6) is 5.75 Å². The van der Waals surface area contributed by atoms with Gasteiger partial charge in [-0.1, -0.05) is 31.2 Å². The summed E-state index contributed by atoms with van der Waals surface area (Å²) in [5.74, 6) is 0.358. The number of ether oxygens (including phenoxy) is 1. The second-order valence-corrected chi connectivity index (χ2v) is 9.32. The van der Waals surface area contributed by atoms with Crippen LogP contribution in [-0.2, 0) is 21.2 Å². The van der Waals surface area contributed by atoms with E-state index in [0.29, 0.717) is 17.1 Å². The number of nitrogens with one attached hydrogen (secondary N) is 2. The number of benzene rings is 3. The third kappa shape index (κ3) is 5.68. The summed E-state index contributed by atoms with van der Waals surface area (Å²) in [6.45, 7) is 7.59. The minimum atomic E-state index is -3.74. The predicted octanol–water partition coefficient (Wildman–Crippen LogP) is 5.07. The van der Waals surface area contributed by atoms with Crippen LogP contribution >= 0.6 is 0 Å². The van der Waals surface area contributed by atoms with Gasteiger partial charge in [0.15, 0.2) is 6.10 Å². The summed E-state index contributed by atoms with van der Waals surface area (Å²) < 4.78 is 33.8. The standard InChI is InChI=1S/C25H28N2O4S/c1-5-20-8-6-7-9-24(20)31-19(4)25(28)26-21-12-14-23(15-13-21)32(29,30)27-22-11-10-17(2)18(3)16-22/h6-16,19,27H,5H2,1-4H3,(H,26,28). The minimum Gasteiger partial charge on any atom is -0.481 e. The van der Waals surface area contributed by atoms with Crippen LogP contribution < -0.4 is 14.8 Å². The Morgan fingerprint density at radius 2 is 1.59 bits per heavy atom. The van der Waals surface area contributed by atoms with Crippen LogP contribution in [0.25, 0.3) is 0 Å². The van der Waals surface area contributed by atoms with Crippen molar-refractivity contribution < 1.29 is 17.9 Å². The van der Waals surface area contributed by atoms with Gasteiger partial charge >= 0.3 is 0 Å². The summed E-state index contributed by atoms with van der Waals surface area (Å²) in [5, 5.41) is 2.76. The van der Waals surface area contributed by atoms with E-state index in [2.05, 4.69) is 10.0 Å². The minimum absolute atomic E-state index is 0.106. The van der Waals surface area contributed by atoms with Crippen LogP contribution in [0.4, 0.5) is 11.4 Å². The Morgan fingerprint density at radius 1 is 0.938 bits per heavy atom. The molecule has 32 heavy (non-hydrogen) atoms. The molecule has 3 aromatic carbocycles. The zero-order chi connectivity index (χ0) is 23.3. The van der Waals surface area contributed by atoms with Crippen molar-refractivity contribution in [3.05, 3.63) is 83.4 Å². The van der Waals surface area contributed by atoms with Gasteiger partial charge in [-0.25, -0.2) is 8.42 Å². The number of hydrogen-bond acceptors (Lipinski definition) is 4. The van der Waals surface area contributed by atoms with Crippen LogP contribution in [0.3, 0.4) is 0 Å². The zero-order valence-electron chi connectivity index (χ0n) is 18.7. The average Bonchev–Trinajstić information content (AvgIpc) is 2.77. The van der Waals surface area contributed by atoms with Gasteiger partial charge in [-0.3, -0.25) is 9.52 Å². The van der Waals surface area contributed by atoms with Gasteiger partial charge in [0, 0.05) is 11.4 Å². The quantitative estimate of drug-likeness (QED) is 0.500.